The molecule has 7 nitrogen and oxygen atoms in total. The van der Waals surface area contributed by atoms with Crippen molar-refractivity contribution in [1.82, 2.24) is 9.55 Å². The smallest absolute Gasteiger partial charge is 0.325 e. The highest BCUT2D eigenvalue weighted by Gasteiger charge is 2.35. The number of anilines is 1. The molecular formula is C21H21N3O4. The van der Waals surface area contributed by atoms with Crippen LogP contribution in [0.1, 0.15) is 18.2 Å². The molecule has 2 aromatic carbocycles. The van der Waals surface area contributed by atoms with Gasteiger partial charge in [-0.2, -0.15) is 0 Å². The molecule has 0 bridgehead atoms. The fourth-order valence-corrected chi connectivity index (χ4v) is 3.67. The molecule has 1 aliphatic heterocycles. The number of nitrogens with zero attached hydrogens (tertiary/aromatic N) is 3. The van der Waals surface area contributed by atoms with Crippen molar-refractivity contribution in [1.29, 1.82) is 0 Å². The number of hydrogen-bond donors (Lipinski definition) is 0. The highest BCUT2D eigenvalue weighted by molar-refractivity contribution is 5.96. The number of para-hydroxylation sites is 2. The average Bonchev–Trinajstić information content (AvgIpc) is 3.28. The minimum absolute atomic E-state index is 0.0231. The first-order valence-corrected chi connectivity index (χ1v) is 9.07. The number of carbonyl (C=O) groups excluding carboxylic acids is 2. The number of fused-ring (bicyclic) bond motifs is 1. The zero-order chi connectivity index (χ0) is 19.7. The second kappa shape index (κ2) is 7.34. The molecule has 2 heterocycles. The Balaban J connectivity index is 1.69. The van der Waals surface area contributed by atoms with Gasteiger partial charge in [-0.1, -0.05) is 18.2 Å². The molecule has 0 radical (unpaired) electrons. The molecular weight excluding hydrogens is 358 g/mol. The summed E-state index contributed by atoms with van der Waals surface area (Å²) in [7, 11) is 2.97. The summed E-state index contributed by atoms with van der Waals surface area (Å²) in [6.07, 6.45) is 0.335. The minimum Gasteiger partial charge on any atom is -0.497 e. The van der Waals surface area contributed by atoms with Gasteiger partial charge in [-0.15, -0.1) is 0 Å². The second-order valence-corrected chi connectivity index (χ2v) is 6.73. The lowest BCUT2D eigenvalue weighted by Crippen LogP contribution is -2.24. The van der Waals surface area contributed by atoms with E-state index in [-0.39, 0.29) is 24.3 Å². The van der Waals surface area contributed by atoms with Crippen LogP contribution in [0.4, 0.5) is 5.69 Å². The summed E-state index contributed by atoms with van der Waals surface area (Å²) < 4.78 is 12.0. The molecule has 0 N–H and O–H groups in total. The summed E-state index contributed by atoms with van der Waals surface area (Å²) in [4.78, 5) is 31.1. The van der Waals surface area contributed by atoms with Gasteiger partial charge in [0.2, 0.25) is 5.91 Å². The van der Waals surface area contributed by atoms with Crippen LogP contribution in [-0.2, 0) is 20.9 Å². The van der Waals surface area contributed by atoms with Crippen molar-refractivity contribution < 1.29 is 19.1 Å². The van der Waals surface area contributed by atoms with E-state index in [9.17, 15) is 9.59 Å². The number of esters is 1. The van der Waals surface area contributed by atoms with E-state index >= 15 is 0 Å². The molecule has 4 rings (SSSR count). The predicted octanol–water partition coefficient (Wildman–Crippen LogP) is 2.74. The van der Waals surface area contributed by atoms with Crippen LogP contribution in [0.25, 0.3) is 11.0 Å². The number of amides is 1. The zero-order valence-corrected chi connectivity index (χ0v) is 15.8. The molecule has 1 fully saturated rings. The van der Waals surface area contributed by atoms with Crippen LogP contribution in [0.5, 0.6) is 5.75 Å². The van der Waals surface area contributed by atoms with Gasteiger partial charge < -0.3 is 18.9 Å². The molecule has 28 heavy (non-hydrogen) atoms. The second-order valence-electron chi connectivity index (χ2n) is 6.73. The summed E-state index contributed by atoms with van der Waals surface area (Å²) in [5, 5.41) is 0. The summed E-state index contributed by atoms with van der Waals surface area (Å²) >= 11 is 0. The molecule has 7 heteroatoms. The van der Waals surface area contributed by atoms with E-state index in [1.807, 2.05) is 53.1 Å². The molecule has 1 amide bonds. The summed E-state index contributed by atoms with van der Waals surface area (Å²) in [5.41, 5.74) is 2.45. The first kappa shape index (κ1) is 18.0. The van der Waals surface area contributed by atoms with Gasteiger partial charge in [0.1, 0.15) is 18.1 Å². The van der Waals surface area contributed by atoms with Gasteiger partial charge in [0.15, 0.2) is 0 Å². The summed E-state index contributed by atoms with van der Waals surface area (Å²) in [6, 6.07) is 15.1. The number of methoxy groups -OCH3 is 2. The maximum absolute atomic E-state index is 12.7. The topological polar surface area (TPSA) is 73.7 Å². The van der Waals surface area contributed by atoms with Crippen LogP contribution in [-0.4, -0.2) is 42.2 Å². The maximum Gasteiger partial charge on any atom is 0.325 e. The van der Waals surface area contributed by atoms with E-state index in [1.54, 1.807) is 12.0 Å². The van der Waals surface area contributed by atoms with E-state index in [0.29, 0.717) is 18.7 Å². The molecule has 1 aromatic heterocycles. The Bertz CT molecular complexity index is 1040. The highest BCUT2D eigenvalue weighted by Crippen LogP contribution is 2.34. The molecule has 0 saturated carbocycles. The Morgan fingerprint density at radius 3 is 2.79 bits per heavy atom. The molecule has 0 aliphatic carbocycles. The molecule has 1 atom stereocenters. The first-order chi connectivity index (χ1) is 13.6. The molecule has 144 valence electrons. The number of aromatic nitrogens is 2. The maximum atomic E-state index is 12.7. The predicted molar refractivity (Wildman–Crippen MR) is 104 cm³/mol. The van der Waals surface area contributed by atoms with Gasteiger partial charge in [0.05, 0.1) is 25.3 Å². The monoisotopic (exact) mass is 379 g/mol. The van der Waals surface area contributed by atoms with E-state index in [1.165, 1.54) is 7.11 Å². The molecule has 1 saturated heterocycles. The number of imidazole rings is 1. The van der Waals surface area contributed by atoms with Crippen LogP contribution in [0.15, 0.2) is 48.5 Å². The number of ether oxygens (including phenoxy) is 2. The van der Waals surface area contributed by atoms with Crippen molar-refractivity contribution in [3.63, 3.8) is 0 Å². The Morgan fingerprint density at radius 2 is 2.00 bits per heavy atom. The minimum atomic E-state index is -0.349. The first-order valence-electron chi connectivity index (χ1n) is 9.07. The Labute approximate surface area is 162 Å². The van der Waals surface area contributed by atoms with Gasteiger partial charge in [0, 0.05) is 30.6 Å². The largest absolute Gasteiger partial charge is 0.497 e. The van der Waals surface area contributed by atoms with Crippen molar-refractivity contribution >= 4 is 28.6 Å². The van der Waals surface area contributed by atoms with Gasteiger partial charge in [0.25, 0.3) is 0 Å². The number of carbonyl (C=O) groups is 2. The molecule has 0 spiro atoms. The zero-order valence-electron chi connectivity index (χ0n) is 15.8. The van der Waals surface area contributed by atoms with E-state index < -0.39 is 0 Å². The van der Waals surface area contributed by atoms with Gasteiger partial charge in [-0.3, -0.25) is 9.59 Å². The standard InChI is InChI=1S/C21H21N3O4/c1-27-16-7-5-6-15(11-16)23-12-14(10-19(23)25)21-22-17-8-3-4-9-18(17)24(21)13-20(26)28-2/h3-9,11,14H,10,12-13H2,1-2H3/t14-/m1/s1. The van der Waals surface area contributed by atoms with Crippen molar-refractivity contribution in [3.05, 3.63) is 54.4 Å². The highest BCUT2D eigenvalue weighted by atomic mass is 16.5. The molecule has 1 aliphatic rings. The van der Waals surface area contributed by atoms with Crippen molar-refractivity contribution in [3.8, 4) is 5.75 Å². The lowest BCUT2D eigenvalue weighted by molar-refractivity contribution is -0.141. The van der Waals surface area contributed by atoms with Crippen LogP contribution in [0.2, 0.25) is 0 Å². The van der Waals surface area contributed by atoms with Crippen molar-refractivity contribution in [2.75, 3.05) is 25.7 Å². The van der Waals surface area contributed by atoms with Crippen LogP contribution in [0, 0.1) is 0 Å². The van der Waals surface area contributed by atoms with Gasteiger partial charge in [-0.25, -0.2) is 4.98 Å². The average molecular weight is 379 g/mol. The van der Waals surface area contributed by atoms with E-state index in [0.717, 1.165) is 22.5 Å². The molecule has 0 unspecified atom stereocenters. The quantitative estimate of drug-likeness (QED) is 0.638. The van der Waals surface area contributed by atoms with Crippen LogP contribution >= 0.6 is 0 Å². The van der Waals surface area contributed by atoms with E-state index in [2.05, 4.69) is 0 Å². The lowest BCUT2D eigenvalue weighted by Gasteiger charge is -2.18. The van der Waals surface area contributed by atoms with E-state index in [4.69, 9.17) is 14.5 Å². The van der Waals surface area contributed by atoms with Gasteiger partial charge >= 0.3 is 5.97 Å². The number of benzene rings is 2. The molecule has 3 aromatic rings. The Hall–Kier alpha value is -3.35. The Morgan fingerprint density at radius 1 is 1.18 bits per heavy atom. The van der Waals surface area contributed by atoms with Crippen LogP contribution in [0.3, 0.4) is 0 Å². The van der Waals surface area contributed by atoms with Gasteiger partial charge in [-0.05, 0) is 24.3 Å². The van der Waals surface area contributed by atoms with Crippen LogP contribution < -0.4 is 9.64 Å². The third-order valence-electron chi connectivity index (χ3n) is 5.05. The third kappa shape index (κ3) is 3.19. The fourth-order valence-electron chi connectivity index (χ4n) is 3.67. The Kier molecular flexibility index (Phi) is 4.73. The number of rotatable bonds is 5. The number of hydrogen-bond acceptors (Lipinski definition) is 5. The van der Waals surface area contributed by atoms with Crippen molar-refractivity contribution in [2.45, 2.75) is 18.9 Å². The third-order valence-corrected chi connectivity index (χ3v) is 5.05. The fraction of sp³-hybridized carbons (Fsp3) is 0.286. The lowest BCUT2D eigenvalue weighted by atomic mass is 10.1. The summed E-state index contributed by atoms with van der Waals surface area (Å²) in [5.74, 6) is 0.987. The SMILES string of the molecule is COC(=O)Cn1c([C@@H]2CC(=O)N(c3cccc(OC)c3)C2)nc2ccccc21. The normalized spacial score (nSPS) is 16.6. The summed E-state index contributed by atoms with van der Waals surface area (Å²) in [6.45, 7) is 0.562. The van der Waals surface area contributed by atoms with Crippen molar-refractivity contribution in [2.24, 2.45) is 0 Å².